The molecule has 0 unspecified atom stereocenters. The van der Waals surface area contributed by atoms with E-state index in [4.69, 9.17) is 1.37 Å². The van der Waals surface area contributed by atoms with E-state index < -0.39 is 45.9 Å². The molecule has 2 aromatic heterocycles. The van der Waals surface area contributed by atoms with Gasteiger partial charge in [-0.3, -0.25) is 9.36 Å². The van der Waals surface area contributed by atoms with Crippen LogP contribution in [0.2, 0.25) is 0 Å². The smallest absolute Gasteiger partial charge is 0.269 e. The standard InChI is InChI=1S/C20H26F3N5O4S/c1-33(31,32)27-6-4-12(5-7-27)25-20-24-10-11-8-14(17(22)23)19(30)28(18(11)26-20)16-9-13(29)2-3-15(16)21/h8,10,12-13,15-17,29H,2-7,9H2,1H3,(H,24,25,26)/t13-,15+,16+/m1/s1/i17D. The number of aromatic nitrogens is 3. The van der Waals surface area contributed by atoms with Crippen molar-refractivity contribution in [3.8, 4) is 0 Å². The van der Waals surface area contributed by atoms with E-state index >= 15 is 0 Å². The van der Waals surface area contributed by atoms with Crippen LogP contribution < -0.4 is 10.9 Å². The first kappa shape index (κ1) is 22.5. The first-order valence-electron chi connectivity index (χ1n) is 11.2. The summed E-state index contributed by atoms with van der Waals surface area (Å²) in [6, 6.07) is -0.554. The number of aliphatic hydroxyl groups excluding tert-OH is 1. The second-order valence-electron chi connectivity index (χ2n) is 8.60. The van der Waals surface area contributed by atoms with E-state index in [0.29, 0.717) is 25.9 Å². The molecule has 13 heteroatoms. The van der Waals surface area contributed by atoms with Crippen LogP contribution in [0.3, 0.4) is 0 Å². The Morgan fingerprint density at radius 3 is 2.61 bits per heavy atom. The topological polar surface area (TPSA) is 117 Å². The summed E-state index contributed by atoms with van der Waals surface area (Å²) in [6.07, 6.45) is -3.38. The molecule has 3 atom stereocenters. The van der Waals surface area contributed by atoms with Gasteiger partial charge in [-0.25, -0.2) is 30.9 Å². The summed E-state index contributed by atoms with van der Waals surface area (Å²) in [4.78, 5) is 21.4. The number of hydrogen-bond acceptors (Lipinski definition) is 7. The molecular weight excluding hydrogens is 463 g/mol. The quantitative estimate of drug-likeness (QED) is 0.658. The molecule has 2 N–H and O–H groups in total. The molecule has 1 aliphatic carbocycles. The first-order valence-corrected chi connectivity index (χ1v) is 12.5. The Kier molecular flexibility index (Phi) is 6.27. The Hall–Kier alpha value is -2.25. The average molecular weight is 491 g/mol. The van der Waals surface area contributed by atoms with Gasteiger partial charge in [-0.1, -0.05) is 0 Å². The van der Waals surface area contributed by atoms with Crippen LogP contribution in [0.4, 0.5) is 19.1 Å². The zero-order chi connectivity index (χ0) is 24.8. The first-order chi connectivity index (χ1) is 15.8. The second-order valence-corrected chi connectivity index (χ2v) is 10.6. The lowest BCUT2D eigenvalue weighted by atomic mass is 9.90. The van der Waals surface area contributed by atoms with Gasteiger partial charge < -0.3 is 10.4 Å². The molecule has 182 valence electrons. The third kappa shape index (κ3) is 4.99. The maximum absolute atomic E-state index is 14.8. The van der Waals surface area contributed by atoms with E-state index in [-0.39, 0.29) is 42.3 Å². The number of nitrogens with one attached hydrogen (secondary N) is 1. The molecule has 1 aliphatic heterocycles. The van der Waals surface area contributed by atoms with Gasteiger partial charge in [0.15, 0.2) is 0 Å². The van der Waals surface area contributed by atoms with Crippen molar-refractivity contribution in [2.24, 2.45) is 0 Å². The number of sulfonamides is 1. The normalized spacial score (nSPS) is 26.3. The van der Waals surface area contributed by atoms with Crippen LogP contribution in [0.25, 0.3) is 11.0 Å². The molecule has 1 saturated carbocycles. The highest BCUT2D eigenvalue weighted by Gasteiger charge is 2.34. The minimum atomic E-state index is -4.21. The fraction of sp³-hybridized carbons (Fsp3) is 0.650. The summed E-state index contributed by atoms with van der Waals surface area (Å²) in [5.41, 5.74) is -2.43. The Balaban J connectivity index is 1.72. The average Bonchev–Trinajstić information content (AvgIpc) is 2.74. The van der Waals surface area contributed by atoms with Gasteiger partial charge in [0.05, 0.1) is 24.0 Å². The van der Waals surface area contributed by atoms with Crippen LogP contribution in [0.5, 0.6) is 0 Å². The highest BCUT2D eigenvalue weighted by atomic mass is 32.2. The molecule has 4 rings (SSSR count). The van der Waals surface area contributed by atoms with Crippen LogP contribution in [0.1, 0.15) is 51.5 Å². The monoisotopic (exact) mass is 490 g/mol. The van der Waals surface area contributed by atoms with Crippen LogP contribution >= 0.6 is 0 Å². The van der Waals surface area contributed by atoms with Gasteiger partial charge in [0.1, 0.15) is 13.2 Å². The minimum absolute atomic E-state index is 0.0335. The molecule has 0 aromatic carbocycles. The lowest BCUT2D eigenvalue weighted by molar-refractivity contribution is 0.0549. The van der Waals surface area contributed by atoms with Crippen LogP contribution in [-0.4, -0.2) is 70.0 Å². The van der Waals surface area contributed by atoms with Gasteiger partial charge in [0, 0.05) is 30.7 Å². The number of pyridine rings is 1. The number of anilines is 1. The molecule has 2 aromatic rings. The van der Waals surface area contributed by atoms with Gasteiger partial charge in [0.25, 0.3) is 12.0 Å². The fourth-order valence-corrected chi connectivity index (χ4v) is 5.38. The Bertz CT molecular complexity index is 1230. The largest absolute Gasteiger partial charge is 0.393 e. The summed E-state index contributed by atoms with van der Waals surface area (Å²) in [7, 11) is -3.30. The van der Waals surface area contributed by atoms with Crippen molar-refractivity contribution in [2.45, 2.75) is 62.9 Å². The zero-order valence-electron chi connectivity index (χ0n) is 18.9. The molecular formula is C20H26F3N5O4S. The van der Waals surface area contributed by atoms with Gasteiger partial charge in [0.2, 0.25) is 16.0 Å². The van der Waals surface area contributed by atoms with Crippen molar-refractivity contribution in [3.05, 3.63) is 28.2 Å². The van der Waals surface area contributed by atoms with Gasteiger partial charge in [-0.2, -0.15) is 4.98 Å². The number of halogens is 3. The third-order valence-corrected chi connectivity index (χ3v) is 7.57. The van der Waals surface area contributed by atoms with Crippen molar-refractivity contribution in [1.82, 2.24) is 18.8 Å². The summed E-state index contributed by atoms with van der Waals surface area (Å²) in [5.74, 6) is 0.0793. The maximum Gasteiger partial charge on any atom is 0.269 e. The van der Waals surface area contributed by atoms with E-state index in [2.05, 4.69) is 15.3 Å². The van der Waals surface area contributed by atoms with E-state index in [9.17, 15) is 31.5 Å². The number of fused-ring (bicyclic) bond motifs is 1. The van der Waals surface area contributed by atoms with Crippen LogP contribution in [-0.2, 0) is 10.0 Å². The number of piperidine rings is 1. The van der Waals surface area contributed by atoms with Crippen molar-refractivity contribution < 1.29 is 28.1 Å². The van der Waals surface area contributed by atoms with E-state index in [1.54, 1.807) is 0 Å². The van der Waals surface area contributed by atoms with Gasteiger partial charge in [-0.05, 0) is 38.2 Å². The molecule has 0 spiro atoms. The van der Waals surface area contributed by atoms with Crippen molar-refractivity contribution in [1.29, 1.82) is 0 Å². The predicted octanol–water partition coefficient (Wildman–Crippen LogP) is 1.99. The Morgan fingerprint density at radius 2 is 1.97 bits per heavy atom. The molecule has 9 nitrogen and oxygen atoms in total. The molecule has 3 heterocycles. The zero-order valence-corrected chi connectivity index (χ0v) is 18.7. The van der Waals surface area contributed by atoms with E-state index in [0.717, 1.165) is 16.9 Å². The lowest BCUT2D eigenvalue weighted by Gasteiger charge is -2.32. The van der Waals surface area contributed by atoms with Crippen LogP contribution in [0.15, 0.2) is 17.1 Å². The molecule has 0 bridgehead atoms. The van der Waals surface area contributed by atoms with Crippen molar-refractivity contribution in [2.75, 3.05) is 24.7 Å². The molecule has 0 radical (unpaired) electrons. The fourth-order valence-electron chi connectivity index (χ4n) is 4.50. The maximum atomic E-state index is 14.8. The second kappa shape index (κ2) is 9.18. The van der Waals surface area contributed by atoms with Gasteiger partial charge >= 0.3 is 0 Å². The number of nitrogens with zero attached hydrogens (tertiary/aromatic N) is 4. The molecule has 2 fully saturated rings. The summed E-state index contributed by atoms with van der Waals surface area (Å²) < 4.78 is 75.2. The van der Waals surface area contributed by atoms with E-state index in [1.807, 2.05) is 0 Å². The lowest BCUT2D eigenvalue weighted by Crippen LogP contribution is -2.42. The third-order valence-electron chi connectivity index (χ3n) is 6.27. The Morgan fingerprint density at radius 1 is 1.27 bits per heavy atom. The van der Waals surface area contributed by atoms with E-state index in [1.165, 1.54) is 10.5 Å². The minimum Gasteiger partial charge on any atom is -0.393 e. The van der Waals surface area contributed by atoms with Gasteiger partial charge in [-0.15, -0.1) is 0 Å². The summed E-state index contributed by atoms with van der Waals surface area (Å²) in [6.45, 7) is 0.612. The predicted molar refractivity (Wildman–Crippen MR) is 116 cm³/mol. The molecule has 2 aliphatic rings. The number of rotatable bonds is 5. The van der Waals surface area contributed by atoms with Crippen LogP contribution in [0, 0.1) is 0 Å². The molecule has 0 amide bonds. The van der Waals surface area contributed by atoms with Crippen molar-refractivity contribution in [3.63, 3.8) is 0 Å². The highest BCUT2D eigenvalue weighted by molar-refractivity contribution is 7.88. The number of aliphatic hydroxyl groups is 1. The molecule has 1 saturated heterocycles. The highest BCUT2D eigenvalue weighted by Crippen LogP contribution is 2.33. The molecule has 33 heavy (non-hydrogen) atoms. The van der Waals surface area contributed by atoms with Crippen molar-refractivity contribution >= 4 is 27.0 Å². The Labute approximate surface area is 190 Å². The number of alkyl halides is 3. The summed E-state index contributed by atoms with van der Waals surface area (Å²) in [5, 5.41) is 13.1. The summed E-state index contributed by atoms with van der Waals surface area (Å²) >= 11 is 0. The number of hydrogen-bond donors (Lipinski definition) is 2. The SMILES string of the molecule is [2H]C(F)(F)c1cc2cnc(NC3CCN(S(C)(=O)=O)CC3)nc2n([C@H]2C[C@H](O)CC[C@@H]2F)c1=O.